The summed E-state index contributed by atoms with van der Waals surface area (Å²) < 4.78 is 21.4. The first-order chi connectivity index (χ1) is 17.7. The highest BCUT2D eigenvalue weighted by molar-refractivity contribution is 5.69. The molecule has 0 bridgehead atoms. The number of aliphatic hydroxyl groups excluding tert-OH is 7. The Kier molecular flexibility index (Phi) is 14.2. The van der Waals surface area contributed by atoms with Gasteiger partial charge in [0.1, 0.15) is 55.9 Å². The molecule has 12 heteroatoms. The van der Waals surface area contributed by atoms with Crippen LogP contribution in [-0.2, 0) is 23.7 Å². The van der Waals surface area contributed by atoms with Crippen molar-refractivity contribution in [2.45, 2.75) is 132 Å². The molecule has 2 aliphatic rings. The molecule has 0 unspecified atom stereocenters. The Morgan fingerprint density at radius 3 is 1.95 bits per heavy atom. The third-order valence-electron chi connectivity index (χ3n) is 7.03. The molecule has 9 atom stereocenters. The molecule has 2 heterocycles. The number of aliphatic hydroxyl groups is 7. The van der Waals surface area contributed by atoms with Gasteiger partial charge in [0, 0.05) is 6.42 Å². The minimum absolute atomic E-state index is 0.203. The predicted molar refractivity (Wildman–Crippen MR) is 129 cm³/mol. The monoisotopic (exact) mass is 538 g/mol. The Morgan fingerprint density at radius 2 is 1.38 bits per heavy atom. The van der Waals surface area contributed by atoms with Crippen LogP contribution in [0.2, 0.25) is 0 Å². The van der Waals surface area contributed by atoms with E-state index in [1.54, 1.807) is 0 Å². The maximum atomic E-state index is 12.1. The van der Waals surface area contributed by atoms with E-state index in [1.807, 2.05) is 0 Å². The van der Waals surface area contributed by atoms with Gasteiger partial charge in [-0.05, 0) is 6.42 Å². The largest absolute Gasteiger partial charge is 0.463 e. The SMILES string of the molecule is CCCCCCCCCCCCC(=O)OC[C@H]1O[C@@](CO)(O[C@H]2O[C@H](CO)[C@@H](O)[C@H](O)[C@H]2O)[C@@H](O)[C@@H]1O. The minimum atomic E-state index is -2.28. The Labute approximate surface area is 218 Å². The molecule has 7 N–H and O–H groups in total. The van der Waals surface area contributed by atoms with Crippen molar-refractivity contribution in [3.8, 4) is 0 Å². The van der Waals surface area contributed by atoms with Crippen LogP contribution >= 0.6 is 0 Å². The van der Waals surface area contributed by atoms with Gasteiger partial charge in [0.2, 0.25) is 5.79 Å². The zero-order valence-corrected chi connectivity index (χ0v) is 21.7. The van der Waals surface area contributed by atoms with Crippen molar-refractivity contribution in [3.05, 3.63) is 0 Å². The lowest BCUT2D eigenvalue weighted by molar-refractivity contribution is -0.383. The van der Waals surface area contributed by atoms with E-state index in [1.165, 1.54) is 38.5 Å². The molecule has 0 aromatic rings. The van der Waals surface area contributed by atoms with Crippen LogP contribution in [0.4, 0.5) is 0 Å². The van der Waals surface area contributed by atoms with Gasteiger partial charge < -0.3 is 54.7 Å². The molecule has 0 radical (unpaired) electrons. The normalized spacial score (nSPS) is 36.1. The first kappa shape index (κ1) is 32.3. The number of unbranched alkanes of at least 4 members (excludes halogenated alkanes) is 9. The summed E-state index contributed by atoms with van der Waals surface area (Å²) in [6.07, 6.45) is -1.38. The van der Waals surface area contributed by atoms with Gasteiger partial charge in [0.15, 0.2) is 6.29 Å². The lowest BCUT2D eigenvalue weighted by atomic mass is 9.99. The fourth-order valence-electron chi connectivity index (χ4n) is 4.62. The van der Waals surface area contributed by atoms with Crippen molar-refractivity contribution < 1.29 is 59.5 Å². The quantitative estimate of drug-likeness (QED) is 0.0925. The summed E-state index contributed by atoms with van der Waals surface area (Å²) in [7, 11) is 0. The Balaban J connectivity index is 1.75. The molecule has 12 nitrogen and oxygen atoms in total. The molecule has 2 saturated heterocycles. The second kappa shape index (κ2) is 16.2. The highest BCUT2D eigenvalue weighted by Gasteiger charge is 2.58. The molecule has 2 fully saturated rings. The zero-order chi connectivity index (χ0) is 27.4. The highest BCUT2D eigenvalue weighted by atomic mass is 16.8. The minimum Gasteiger partial charge on any atom is -0.463 e. The van der Waals surface area contributed by atoms with E-state index < -0.39 is 80.6 Å². The van der Waals surface area contributed by atoms with Crippen molar-refractivity contribution in [2.24, 2.45) is 0 Å². The summed E-state index contributed by atoms with van der Waals surface area (Å²) in [5.74, 6) is -2.76. The number of hydrogen-bond donors (Lipinski definition) is 7. The van der Waals surface area contributed by atoms with E-state index in [0.717, 1.165) is 19.3 Å². The molecule has 0 aromatic heterocycles. The van der Waals surface area contributed by atoms with Crippen LogP contribution in [0, 0.1) is 0 Å². The zero-order valence-electron chi connectivity index (χ0n) is 21.7. The summed E-state index contributed by atoms with van der Waals surface area (Å²) in [4.78, 5) is 12.1. The smallest absolute Gasteiger partial charge is 0.305 e. The molecule has 0 saturated carbocycles. The van der Waals surface area contributed by atoms with Crippen molar-refractivity contribution in [1.82, 2.24) is 0 Å². The number of hydrogen-bond acceptors (Lipinski definition) is 12. The molecule has 0 spiro atoms. The van der Waals surface area contributed by atoms with Gasteiger partial charge >= 0.3 is 5.97 Å². The van der Waals surface area contributed by atoms with Crippen molar-refractivity contribution in [3.63, 3.8) is 0 Å². The molecule has 0 aromatic carbocycles. The number of ether oxygens (including phenoxy) is 4. The third kappa shape index (κ3) is 9.06. The van der Waals surface area contributed by atoms with E-state index in [2.05, 4.69) is 6.92 Å². The second-order valence-corrected chi connectivity index (χ2v) is 9.99. The summed E-state index contributed by atoms with van der Waals surface area (Å²) in [6.45, 7) is 0.0977. The average molecular weight is 539 g/mol. The Morgan fingerprint density at radius 1 is 0.784 bits per heavy atom. The van der Waals surface area contributed by atoms with Gasteiger partial charge in [0.05, 0.1) is 6.61 Å². The van der Waals surface area contributed by atoms with Crippen molar-refractivity contribution in [2.75, 3.05) is 19.8 Å². The summed E-state index contributed by atoms with van der Waals surface area (Å²) in [5, 5.41) is 70.1. The molecular weight excluding hydrogens is 492 g/mol. The van der Waals surface area contributed by atoms with E-state index in [0.29, 0.717) is 6.42 Å². The summed E-state index contributed by atoms with van der Waals surface area (Å²) in [5.41, 5.74) is 0. The van der Waals surface area contributed by atoms with Crippen LogP contribution in [0.1, 0.15) is 77.6 Å². The summed E-state index contributed by atoms with van der Waals surface area (Å²) >= 11 is 0. The van der Waals surface area contributed by atoms with Crippen molar-refractivity contribution >= 4 is 5.97 Å². The van der Waals surface area contributed by atoms with E-state index >= 15 is 0 Å². The number of esters is 1. The number of carbonyl (C=O) groups is 1. The topological polar surface area (TPSA) is 196 Å². The predicted octanol–water partition coefficient (Wildman–Crippen LogP) is -0.534. The van der Waals surface area contributed by atoms with Gasteiger partial charge in [-0.2, -0.15) is 0 Å². The number of rotatable bonds is 17. The second-order valence-electron chi connectivity index (χ2n) is 9.99. The van der Waals surface area contributed by atoms with Gasteiger partial charge in [-0.25, -0.2) is 0 Å². The Hall–Kier alpha value is -0.930. The first-order valence-electron chi connectivity index (χ1n) is 13.5. The molecule has 0 aliphatic carbocycles. The van der Waals surface area contributed by atoms with Crippen molar-refractivity contribution in [1.29, 1.82) is 0 Å². The average Bonchev–Trinajstić information content (AvgIpc) is 3.13. The van der Waals surface area contributed by atoms with E-state index in [-0.39, 0.29) is 6.42 Å². The standard InChI is InChI=1S/C25H46O12/c1-2-3-4-5-6-7-8-9-10-11-12-18(28)34-14-17-20(30)23(33)25(15-27,36-17)37-24-22(32)21(31)19(29)16(13-26)35-24/h16-17,19-24,26-27,29-33H,2-15H2,1H3/t16-,17-,19-,20-,21+,22-,23+,24-,25+/m1/s1. The van der Waals surface area contributed by atoms with Gasteiger partial charge in [0.25, 0.3) is 0 Å². The maximum absolute atomic E-state index is 12.1. The number of carbonyl (C=O) groups excluding carboxylic acids is 1. The van der Waals surface area contributed by atoms with Crippen LogP contribution in [0.3, 0.4) is 0 Å². The van der Waals surface area contributed by atoms with Gasteiger partial charge in [-0.15, -0.1) is 0 Å². The molecule has 37 heavy (non-hydrogen) atoms. The molecular formula is C25H46O12. The molecule has 218 valence electrons. The highest BCUT2D eigenvalue weighted by Crippen LogP contribution is 2.36. The lowest BCUT2D eigenvalue weighted by Gasteiger charge is -2.43. The van der Waals surface area contributed by atoms with Crippen LogP contribution in [-0.4, -0.2) is 116 Å². The molecule has 2 rings (SSSR count). The third-order valence-corrected chi connectivity index (χ3v) is 7.03. The van der Waals surface area contributed by atoms with Gasteiger partial charge in [-0.1, -0.05) is 64.7 Å². The fraction of sp³-hybridized carbons (Fsp3) is 0.960. The van der Waals surface area contributed by atoms with E-state index in [9.17, 15) is 40.5 Å². The van der Waals surface area contributed by atoms with Crippen LogP contribution in [0.15, 0.2) is 0 Å². The van der Waals surface area contributed by atoms with Crippen LogP contribution in [0.5, 0.6) is 0 Å². The van der Waals surface area contributed by atoms with Gasteiger partial charge in [-0.3, -0.25) is 4.79 Å². The van der Waals surface area contributed by atoms with E-state index in [4.69, 9.17) is 18.9 Å². The fourth-order valence-corrected chi connectivity index (χ4v) is 4.62. The van der Waals surface area contributed by atoms with Crippen LogP contribution in [0.25, 0.3) is 0 Å². The van der Waals surface area contributed by atoms with Crippen LogP contribution < -0.4 is 0 Å². The molecule has 2 aliphatic heterocycles. The Bertz CT molecular complexity index is 649. The lowest BCUT2D eigenvalue weighted by Crippen LogP contribution is -2.62. The summed E-state index contributed by atoms with van der Waals surface area (Å²) in [6, 6.07) is 0. The maximum Gasteiger partial charge on any atom is 0.305 e. The molecule has 0 amide bonds. The first-order valence-corrected chi connectivity index (χ1v) is 13.5.